The third kappa shape index (κ3) is 8.44. The minimum Gasteiger partial charge on any atom is -0.478 e. The minimum absolute atomic E-state index is 0.0598. The van der Waals surface area contributed by atoms with Gasteiger partial charge in [0.05, 0.1) is 17.2 Å². The van der Waals surface area contributed by atoms with Gasteiger partial charge in [-0.3, -0.25) is 4.72 Å². The molecule has 0 spiro atoms. The van der Waals surface area contributed by atoms with E-state index in [1.54, 1.807) is 12.1 Å². The topological polar surface area (TPSA) is 80.3 Å². The van der Waals surface area contributed by atoms with Crippen molar-refractivity contribution in [3.63, 3.8) is 0 Å². The number of fused-ring (bicyclic) bond motifs is 1. The fourth-order valence-corrected chi connectivity index (χ4v) is 7.68. The molecule has 1 aromatic heterocycles. The van der Waals surface area contributed by atoms with E-state index in [1.807, 2.05) is 60.7 Å². The molecule has 4 N–H and O–H groups in total. The zero-order valence-electron chi connectivity index (χ0n) is 27.7. The lowest BCUT2D eigenvalue weighted by molar-refractivity contribution is -0.138. The Morgan fingerprint density at radius 2 is 1.49 bits per heavy atom. The van der Waals surface area contributed by atoms with Crippen molar-refractivity contribution < 1.29 is 23.1 Å². The highest BCUT2D eigenvalue weighted by Crippen LogP contribution is 2.39. The molecule has 1 heterocycles. The number of nitrogen functional groups attached to an aromatic ring is 1. The summed E-state index contributed by atoms with van der Waals surface area (Å²) in [5, 5.41) is 11.0. The van der Waals surface area contributed by atoms with Gasteiger partial charge in [-0.15, -0.1) is 0 Å². The number of carbonyl (C=O) groups is 1. The Hall–Kier alpha value is -4.70. The fraction of sp³-hybridized carbons (Fsp3) is 0.195. The van der Waals surface area contributed by atoms with Crippen molar-refractivity contribution in [3.8, 4) is 0 Å². The summed E-state index contributed by atoms with van der Waals surface area (Å²) in [7, 11) is 0. The standard InChI is InChI=1S/C41H37ClF3N3O2S/c42-31-21-22-37-33(25-31)32(14-7-9-27-17-19-30(20-18-27)40(49)50)38(23-24-47-51-26-34-35(41(43,44)45)15-8-16-36(34)46)48(37)39(28-10-3-1-4-11-28)29-12-5-2-6-13-29/h1-6,8,10-13,15-22,25,39,47H,7,9,14,23-24,26,46H2,(H,49,50). The summed E-state index contributed by atoms with van der Waals surface area (Å²) in [5.41, 5.74) is 12.3. The summed E-state index contributed by atoms with van der Waals surface area (Å²) in [4.78, 5) is 11.4. The zero-order valence-corrected chi connectivity index (χ0v) is 29.2. The lowest BCUT2D eigenvalue weighted by Gasteiger charge is -2.25. The maximum Gasteiger partial charge on any atom is 0.416 e. The number of aromatic nitrogens is 1. The van der Waals surface area contributed by atoms with E-state index in [1.165, 1.54) is 24.1 Å². The normalized spacial score (nSPS) is 11.8. The third-order valence-corrected chi connectivity index (χ3v) is 10.1. The van der Waals surface area contributed by atoms with E-state index in [0.717, 1.165) is 64.2 Å². The number of nitrogens with two attached hydrogens (primary N) is 1. The molecule has 5 aromatic carbocycles. The average Bonchev–Trinajstić information content (AvgIpc) is 3.41. The van der Waals surface area contributed by atoms with Gasteiger partial charge >= 0.3 is 12.1 Å². The van der Waals surface area contributed by atoms with Gasteiger partial charge in [0.15, 0.2) is 0 Å². The molecule has 0 atom stereocenters. The second-order valence-corrected chi connectivity index (χ2v) is 13.6. The molecule has 262 valence electrons. The first kappa shape index (κ1) is 36.1. The van der Waals surface area contributed by atoms with E-state index in [-0.39, 0.29) is 28.6 Å². The summed E-state index contributed by atoms with van der Waals surface area (Å²) in [6, 6.07) is 37.3. The predicted octanol–water partition coefficient (Wildman–Crippen LogP) is 10.4. The molecule has 0 aliphatic rings. The first-order valence-corrected chi connectivity index (χ1v) is 18.0. The third-order valence-electron chi connectivity index (χ3n) is 9.06. The number of hydrogen-bond acceptors (Lipinski definition) is 4. The molecule has 10 heteroatoms. The predicted molar refractivity (Wildman–Crippen MR) is 201 cm³/mol. The molecule has 0 unspecified atom stereocenters. The number of alkyl halides is 3. The maximum absolute atomic E-state index is 13.7. The summed E-state index contributed by atoms with van der Waals surface area (Å²) < 4.78 is 46.9. The number of aromatic carboxylic acids is 1. The Labute approximate surface area is 304 Å². The SMILES string of the molecule is Nc1cccc(C(F)(F)F)c1CSNCCc1c(CCCc2ccc(C(=O)O)cc2)c2cc(Cl)ccc2n1C(c1ccccc1)c1ccccc1. The molecule has 0 fully saturated rings. The lowest BCUT2D eigenvalue weighted by Crippen LogP contribution is -2.19. The number of carboxylic acids is 1. The van der Waals surface area contributed by atoms with Gasteiger partial charge in [0, 0.05) is 46.0 Å². The van der Waals surface area contributed by atoms with Crippen molar-refractivity contribution in [1.29, 1.82) is 0 Å². The Morgan fingerprint density at radius 1 is 0.824 bits per heavy atom. The number of hydrogen-bond donors (Lipinski definition) is 3. The molecule has 6 aromatic rings. The van der Waals surface area contributed by atoms with E-state index in [0.29, 0.717) is 18.0 Å². The van der Waals surface area contributed by atoms with E-state index in [9.17, 15) is 23.1 Å². The Balaban J connectivity index is 1.35. The number of benzene rings is 5. The number of anilines is 1. The number of nitrogens with one attached hydrogen (secondary N) is 1. The second kappa shape index (κ2) is 16.1. The highest BCUT2D eigenvalue weighted by molar-refractivity contribution is 7.96. The summed E-state index contributed by atoms with van der Waals surface area (Å²) in [6.45, 7) is 0.489. The van der Waals surface area contributed by atoms with Crippen LogP contribution >= 0.6 is 23.5 Å². The van der Waals surface area contributed by atoms with Crippen molar-refractivity contribution >= 4 is 46.1 Å². The smallest absolute Gasteiger partial charge is 0.416 e. The number of rotatable bonds is 14. The molecule has 0 radical (unpaired) electrons. The molecule has 6 rings (SSSR count). The van der Waals surface area contributed by atoms with Crippen LogP contribution in [0.25, 0.3) is 10.9 Å². The second-order valence-electron chi connectivity index (χ2n) is 12.3. The molecule has 5 nitrogen and oxygen atoms in total. The molecular formula is C41H37ClF3N3O2S. The molecule has 0 saturated carbocycles. The first-order chi connectivity index (χ1) is 24.6. The maximum atomic E-state index is 13.7. The molecule has 0 amide bonds. The molecule has 0 aliphatic carbocycles. The summed E-state index contributed by atoms with van der Waals surface area (Å²) in [6.07, 6.45) is -1.61. The highest BCUT2D eigenvalue weighted by Gasteiger charge is 2.34. The Morgan fingerprint density at radius 3 is 2.12 bits per heavy atom. The van der Waals surface area contributed by atoms with Gasteiger partial charge in [-0.2, -0.15) is 13.2 Å². The molecule has 0 bridgehead atoms. The Bertz CT molecular complexity index is 2060. The van der Waals surface area contributed by atoms with Crippen molar-refractivity contribution in [2.24, 2.45) is 0 Å². The van der Waals surface area contributed by atoms with Crippen LogP contribution in [0.5, 0.6) is 0 Å². The van der Waals surface area contributed by atoms with Crippen LogP contribution in [0.4, 0.5) is 18.9 Å². The fourth-order valence-electron chi connectivity index (χ4n) is 6.69. The number of aryl methyl sites for hydroxylation is 2. The van der Waals surface area contributed by atoms with Crippen molar-refractivity contribution in [3.05, 3.63) is 171 Å². The van der Waals surface area contributed by atoms with Crippen LogP contribution in [-0.2, 0) is 31.2 Å². The highest BCUT2D eigenvalue weighted by atomic mass is 35.5. The Kier molecular flexibility index (Phi) is 11.4. The van der Waals surface area contributed by atoms with Crippen LogP contribution in [-0.4, -0.2) is 22.2 Å². The van der Waals surface area contributed by atoms with E-state index in [4.69, 9.17) is 17.3 Å². The van der Waals surface area contributed by atoms with Crippen molar-refractivity contribution in [2.75, 3.05) is 12.3 Å². The van der Waals surface area contributed by atoms with E-state index in [2.05, 4.69) is 39.6 Å². The van der Waals surface area contributed by atoms with Gasteiger partial charge in [0.2, 0.25) is 0 Å². The van der Waals surface area contributed by atoms with E-state index >= 15 is 0 Å². The van der Waals surface area contributed by atoms with Gasteiger partial charge in [-0.25, -0.2) is 4.79 Å². The van der Waals surface area contributed by atoms with Gasteiger partial charge < -0.3 is 15.4 Å². The van der Waals surface area contributed by atoms with Crippen molar-refractivity contribution in [2.45, 2.75) is 43.7 Å². The van der Waals surface area contributed by atoms with Crippen molar-refractivity contribution in [1.82, 2.24) is 9.29 Å². The van der Waals surface area contributed by atoms with Crippen LogP contribution in [0.2, 0.25) is 5.02 Å². The monoisotopic (exact) mass is 727 g/mol. The quantitative estimate of drug-likeness (QED) is 0.0591. The molecule has 0 saturated heterocycles. The molecule has 0 aliphatic heterocycles. The van der Waals surface area contributed by atoms with Gasteiger partial charge in [0.25, 0.3) is 0 Å². The number of carboxylic acid groups (broad SMARTS) is 1. The lowest BCUT2D eigenvalue weighted by atomic mass is 9.97. The van der Waals surface area contributed by atoms with E-state index < -0.39 is 17.7 Å². The van der Waals surface area contributed by atoms with Crippen LogP contribution in [0.3, 0.4) is 0 Å². The van der Waals surface area contributed by atoms with Crippen LogP contribution in [0, 0.1) is 0 Å². The summed E-state index contributed by atoms with van der Waals surface area (Å²) in [5.74, 6) is -0.897. The van der Waals surface area contributed by atoms with Gasteiger partial charge in [-0.1, -0.05) is 102 Å². The van der Waals surface area contributed by atoms with Crippen LogP contribution in [0.1, 0.15) is 61.9 Å². The minimum atomic E-state index is -4.50. The van der Waals surface area contributed by atoms with Gasteiger partial charge in [0.1, 0.15) is 0 Å². The largest absolute Gasteiger partial charge is 0.478 e. The van der Waals surface area contributed by atoms with Crippen LogP contribution in [0.15, 0.2) is 121 Å². The zero-order chi connectivity index (χ0) is 36.0. The number of halogens is 4. The molecule has 51 heavy (non-hydrogen) atoms. The number of nitrogens with zero attached hydrogens (tertiary/aromatic N) is 1. The average molecular weight is 728 g/mol. The summed E-state index contributed by atoms with van der Waals surface area (Å²) >= 11 is 7.84. The van der Waals surface area contributed by atoms with Gasteiger partial charge in [-0.05, 0) is 89.5 Å². The molecular weight excluding hydrogens is 691 g/mol. The first-order valence-electron chi connectivity index (χ1n) is 16.6. The van der Waals surface area contributed by atoms with Crippen LogP contribution < -0.4 is 10.5 Å².